The fraction of sp³-hybridized carbons (Fsp3) is 0.500. The summed E-state index contributed by atoms with van der Waals surface area (Å²) in [5, 5.41) is 13.4. The van der Waals surface area contributed by atoms with Crippen molar-refractivity contribution in [2.24, 2.45) is 5.84 Å². The van der Waals surface area contributed by atoms with Crippen LogP contribution in [0.3, 0.4) is 0 Å². The first-order chi connectivity index (χ1) is 9.36. The molecule has 1 fully saturated rings. The van der Waals surface area contributed by atoms with Gasteiger partial charge in [-0.25, -0.2) is 15.5 Å². The summed E-state index contributed by atoms with van der Waals surface area (Å²) in [6, 6.07) is 0.404. The van der Waals surface area contributed by atoms with Crippen LogP contribution in [0, 0.1) is 0 Å². The lowest BCUT2D eigenvalue weighted by Crippen LogP contribution is -2.10. The van der Waals surface area contributed by atoms with Gasteiger partial charge in [-0.3, -0.25) is 4.98 Å². The maximum Gasteiger partial charge on any atom is 0.215 e. The molecule has 0 amide bonds. The van der Waals surface area contributed by atoms with Gasteiger partial charge in [-0.05, 0) is 35.0 Å². The van der Waals surface area contributed by atoms with Crippen molar-refractivity contribution >= 4 is 17.6 Å². The van der Waals surface area contributed by atoms with E-state index in [9.17, 15) is 0 Å². The minimum Gasteiger partial charge on any atom is -0.307 e. The maximum absolute atomic E-state index is 5.31. The molecule has 0 aliphatic heterocycles. The molecule has 1 aliphatic rings. The Morgan fingerprint density at radius 2 is 2.16 bits per heavy atom. The minimum atomic E-state index is 0.404. The first-order valence-corrected chi connectivity index (χ1v) is 6.93. The van der Waals surface area contributed by atoms with Crippen LogP contribution in [0.5, 0.6) is 0 Å². The Morgan fingerprint density at radius 1 is 1.32 bits per heavy atom. The fourth-order valence-corrected chi connectivity index (χ4v) is 2.99. The van der Waals surface area contributed by atoms with Crippen molar-refractivity contribution < 1.29 is 0 Å². The van der Waals surface area contributed by atoms with E-state index in [0.717, 1.165) is 18.0 Å². The zero-order valence-electron chi connectivity index (χ0n) is 10.2. The van der Waals surface area contributed by atoms with Gasteiger partial charge in [0.25, 0.3) is 0 Å². The predicted molar refractivity (Wildman–Crippen MR) is 69.3 cm³/mol. The average Bonchev–Trinajstić information content (AvgIpc) is 3.09. The van der Waals surface area contributed by atoms with Crippen LogP contribution >= 0.6 is 11.8 Å². The molecule has 1 saturated carbocycles. The van der Waals surface area contributed by atoms with Gasteiger partial charge < -0.3 is 5.43 Å². The number of nitrogen functional groups attached to an aromatic ring is 1. The van der Waals surface area contributed by atoms with E-state index in [2.05, 4.69) is 30.9 Å². The van der Waals surface area contributed by atoms with Crippen molar-refractivity contribution in [3.8, 4) is 0 Å². The van der Waals surface area contributed by atoms with E-state index < -0.39 is 0 Å². The lowest BCUT2D eigenvalue weighted by Gasteiger charge is -2.10. The topological polar surface area (TPSA) is 107 Å². The molecule has 0 spiro atoms. The van der Waals surface area contributed by atoms with Crippen LogP contribution in [0.25, 0.3) is 0 Å². The summed E-state index contributed by atoms with van der Waals surface area (Å²) in [6.07, 6.45) is 7.97. The molecule has 8 nitrogen and oxygen atoms in total. The summed E-state index contributed by atoms with van der Waals surface area (Å²) in [4.78, 5) is 8.35. The molecular weight excluding hydrogens is 264 g/mol. The van der Waals surface area contributed by atoms with E-state index in [0.29, 0.717) is 16.9 Å². The molecule has 0 atom stereocenters. The maximum atomic E-state index is 5.31. The molecule has 0 unspecified atom stereocenters. The highest BCUT2D eigenvalue weighted by atomic mass is 32.2. The third-order valence-corrected chi connectivity index (χ3v) is 3.95. The monoisotopic (exact) mass is 278 g/mol. The number of nitrogens with one attached hydrogen (secondary N) is 1. The van der Waals surface area contributed by atoms with Crippen molar-refractivity contribution in [3.63, 3.8) is 0 Å². The van der Waals surface area contributed by atoms with Gasteiger partial charge in [0.15, 0.2) is 5.82 Å². The SMILES string of the molecule is NNc1cncc(Sc2nnnn2C2CCCC2)n1. The van der Waals surface area contributed by atoms with Crippen molar-refractivity contribution in [1.82, 2.24) is 30.2 Å². The summed E-state index contributed by atoms with van der Waals surface area (Å²) in [6.45, 7) is 0. The normalized spacial score (nSPS) is 15.8. The molecule has 0 aromatic carbocycles. The molecule has 3 N–H and O–H groups in total. The Bertz CT molecular complexity index is 550. The van der Waals surface area contributed by atoms with Crippen LogP contribution < -0.4 is 11.3 Å². The van der Waals surface area contributed by atoms with Crippen molar-refractivity contribution in [1.29, 1.82) is 0 Å². The number of hydrogen-bond donors (Lipinski definition) is 2. The summed E-state index contributed by atoms with van der Waals surface area (Å²) in [7, 11) is 0. The molecular formula is C10H14N8S. The second-order valence-corrected chi connectivity index (χ2v) is 5.32. The van der Waals surface area contributed by atoms with Crippen LogP contribution in [0.4, 0.5) is 5.82 Å². The molecule has 100 valence electrons. The van der Waals surface area contributed by atoms with Gasteiger partial charge in [-0.2, -0.15) is 0 Å². The Morgan fingerprint density at radius 3 is 2.95 bits per heavy atom. The van der Waals surface area contributed by atoms with E-state index in [1.54, 1.807) is 12.4 Å². The van der Waals surface area contributed by atoms with Gasteiger partial charge in [0.2, 0.25) is 5.16 Å². The summed E-state index contributed by atoms with van der Waals surface area (Å²) in [5.41, 5.74) is 2.47. The van der Waals surface area contributed by atoms with E-state index in [4.69, 9.17) is 5.84 Å². The predicted octanol–water partition coefficient (Wildman–Crippen LogP) is 1.01. The number of anilines is 1. The van der Waals surface area contributed by atoms with Gasteiger partial charge in [0.1, 0.15) is 5.03 Å². The first-order valence-electron chi connectivity index (χ1n) is 6.11. The second kappa shape index (κ2) is 5.49. The summed E-state index contributed by atoms with van der Waals surface area (Å²) < 4.78 is 1.89. The molecule has 9 heteroatoms. The number of hydrazine groups is 1. The van der Waals surface area contributed by atoms with Crippen LogP contribution in [0.1, 0.15) is 31.7 Å². The quantitative estimate of drug-likeness (QED) is 0.630. The van der Waals surface area contributed by atoms with Crippen molar-refractivity contribution in [2.45, 2.75) is 41.9 Å². The largest absolute Gasteiger partial charge is 0.307 e. The van der Waals surface area contributed by atoms with Crippen LogP contribution in [-0.4, -0.2) is 30.2 Å². The standard InChI is InChI=1S/C10H14N8S/c11-14-8-5-12-6-9(13-8)19-10-15-16-17-18(10)7-3-1-2-4-7/h5-7H,1-4,11H2,(H,13,14). The summed E-state index contributed by atoms with van der Waals surface area (Å²) in [5.74, 6) is 5.83. The molecule has 19 heavy (non-hydrogen) atoms. The molecule has 0 saturated heterocycles. The van der Waals surface area contributed by atoms with Gasteiger partial charge in [-0.1, -0.05) is 12.8 Å². The number of tetrazole rings is 1. The van der Waals surface area contributed by atoms with Crippen LogP contribution in [-0.2, 0) is 0 Å². The minimum absolute atomic E-state index is 0.404. The van der Waals surface area contributed by atoms with Crippen LogP contribution in [0.2, 0.25) is 0 Å². The smallest absolute Gasteiger partial charge is 0.215 e. The zero-order chi connectivity index (χ0) is 13.1. The van der Waals surface area contributed by atoms with E-state index in [-0.39, 0.29) is 0 Å². The molecule has 2 heterocycles. The third kappa shape index (κ3) is 2.66. The summed E-state index contributed by atoms with van der Waals surface area (Å²) >= 11 is 1.39. The molecule has 0 radical (unpaired) electrons. The second-order valence-electron chi connectivity index (χ2n) is 4.33. The highest BCUT2D eigenvalue weighted by Crippen LogP contribution is 2.33. The number of hydrogen-bond acceptors (Lipinski definition) is 8. The Balaban J connectivity index is 1.81. The van der Waals surface area contributed by atoms with Gasteiger partial charge >= 0.3 is 0 Å². The van der Waals surface area contributed by atoms with Crippen molar-refractivity contribution in [3.05, 3.63) is 12.4 Å². The van der Waals surface area contributed by atoms with Crippen LogP contribution in [0.15, 0.2) is 22.6 Å². The highest BCUT2D eigenvalue weighted by Gasteiger charge is 2.22. The van der Waals surface area contributed by atoms with E-state index in [1.165, 1.54) is 24.6 Å². The lowest BCUT2D eigenvalue weighted by molar-refractivity contribution is 0.423. The number of aromatic nitrogens is 6. The number of nitrogens with zero attached hydrogens (tertiary/aromatic N) is 6. The van der Waals surface area contributed by atoms with Gasteiger partial charge in [0.05, 0.1) is 18.4 Å². The molecule has 2 aromatic rings. The van der Waals surface area contributed by atoms with E-state index in [1.807, 2.05) is 4.68 Å². The van der Waals surface area contributed by atoms with Gasteiger partial charge in [0, 0.05) is 0 Å². The Labute approximate surface area is 114 Å². The zero-order valence-corrected chi connectivity index (χ0v) is 11.0. The molecule has 2 aromatic heterocycles. The highest BCUT2D eigenvalue weighted by molar-refractivity contribution is 7.99. The number of rotatable bonds is 4. The third-order valence-electron chi connectivity index (χ3n) is 3.09. The fourth-order valence-electron chi connectivity index (χ4n) is 2.19. The van der Waals surface area contributed by atoms with Gasteiger partial charge in [-0.15, -0.1) is 5.10 Å². The Hall–Kier alpha value is -1.74. The Kier molecular flexibility index (Phi) is 3.56. The average molecular weight is 278 g/mol. The molecule has 0 bridgehead atoms. The van der Waals surface area contributed by atoms with Crippen molar-refractivity contribution in [2.75, 3.05) is 5.43 Å². The molecule has 1 aliphatic carbocycles. The first kappa shape index (κ1) is 12.3. The van der Waals surface area contributed by atoms with E-state index >= 15 is 0 Å². The number of nitrogens with two attached hydrogens (primary N) is 1. The molecule has 3 rings (SSSR count). The lowest BCUT2D eigenvalue weighted by atomic mass is 10.3.